The van der Waals surface area contributed by atoms with Gasteiger partial charge in [-0.3, -0.25) is 4.79 Å². The molecule has 0 aliphatic heterocycles. The number of carbonyl (C=O) groups excluding carboxylic acids is 1. The van der Waals surface area contributed by atoms with Gasteiger partial charge in [0.2, 0.25) is 0 Å². The van der Waals surface area contributed by atoms with Gasteiger partial charge in [-0.15, -0.1) is 6.42 Å². The van der Waals surface area contributed by atoms with Crippen LogP contribution in [0.2, 0.25) is 0 Å². The van der Waals surface area contributed by atoms with Crippen molar-refractivity contribution in [3.05, 3.63) is 52.0 Å². The first-order valence-corrected chi connectivity index (χ1v) is 9.47. The van der Waals surface area contributed by atoms with E-state index in [1.807, 2.05) is 13.8 Å². The molecule has 0 heterocycles. The van der Waals surface area contributed by atoms with Crippen molar-refractivity contribution in [3.8, 4) is 29.6 Å². The van der Waals surface area contributed by atoms with Crippen LogP contribution in [0.5, 0.6) is 17.2 Å². The van der Waals surface area contributed by atoms with Crippen molar-refractivity contribution in [2.75, 3.05) is 19.8 Å². The summed E-state index contributed by atoms with van der Waals surface area (Å²) in [6.07, 6.45) is 6.76. The summed E-state index contributed by atoms with van der Waals surface area (Å²) in [5, 5.41) is 4.01. The maximum atomic E-state index is 12.2. The molecule has 2 aromatic rings. The molecule has 146 valence electrons. The lowest BCUT2D eigenvalue weighted by Crippen LogP contribution is -2.17. The fourth-order valence-corrected chi connectivity index (χ4v) is 2.85. The Labute approximate surface area is 173 Å². The summed E-state index contributed by atoms with van der Waals surface area (Å²) in [7, 11) is 0. The van der Waals surface area contributed by atoms with Gasteiger partial charge in [0.1, 0.15) is 12.4 Å². The van der Waals surface area contributed by atoms with E-state index in [0.717, 1.165) is 5.56 Å². The molecule has 2 rings (SSSR count). The molecule has 0 saturated carbocycles. The highest BCUT2D eigenvalue weighted by Gasteiger charge is 2.11. The number of amides is 1. The normalized spacial score (nSPS) is 10.4. The summed E-state index contributed by atoms with van der Waals surface area (Å²) in [6, 6.07) is 10.4. The van der Waals surface area contributed by atoms with Crippen LogP contribution in [0.25, 0.3) is 0 Å². The number of nitrogens with one attached hydrogen (secondary N) is 1. The molecule has 0 bridgehead atoms. The monoisotopic (exact) mass is 444 g/mol. The summed E-state index contributed by atoms with van der Waals surface area (Å²) < 4.78 is 17.1. The molecule has 0 fully saturated rings. The zero-order valence-electron chi connectivity index (χ0n) is 15.7. The quantitative estimate of drug-likeness (QED) is 0.360. The summed E-state index contributed by atoms with van der Waals surface area (Å²) >= 11 is 3.44. The van der Waals surface area contributed by atoms with E-state index in [-0.39, 0.29) is 12.5 Å². The first-order chi connectivity index (χ1) is 13.6. The van der Waals surface area contributed by atoms with Gasteiger partial charge >= 0.3 is 0 Å². The van der Waals surface area contributed by atoms with Gasteiger partial charge in [-0.2, -0.15) is 5.10 Å². The summed E-state index contributed by atoms with van der Waals surface area (Å²) in [5.41, 5.74) is 3.69. The second kappa shape index (κ2) is 11.0. The lowest BCUT2D eigenvalue weighted by Gasteiger charge is -2.13. The Hall–Kier alpha value is -2.98. The van der Waals surface area contributed by atoms with Gasteiger partial charge < -0.3 is 14.2 Å². The van der Waals surface area contributed by atoms with Gasteiger partial charge in [-0.05, 0) is 71.7 Å². The molecule has 28 heavy (non-hydrogen) atoms. The second-order valence-electron chi connectivity index (χ2n) is 5.41. The van der Waals surface area contributed by atoms with Crippen LogP contribution < -0.4 is 19.6 Å². The lowest BCUT2D eigenvalue weighted by atomic mass is 10.2. The first-order valence-electron chi connectivity index (χ1n) is 8.67. The molecule has 1 N–H and O–H groups in total. The molecule has 0 aliphatic rings. The van der Waals surface area contributed by atoms with Crippen molar-refractivity contribution >= 4 is 28.1 Å². The fraction of sp³-hybridized carbons (Fsp3) is 0.238. The van der Waals surface area contributed by atoms with Crippen LogP contribution in [0.15, 0.2) is 46.0 Å². The average molecular weight is 445 g/mol. The molecule has 7 heteroatoms. The van der Waals surface area contributed by atoms with Crippen LogP contribution in [0, 0.1) is 12.3 Å². The third kappa shape index (κ3) is 6.03. The predicted octanol–water partition coefficient (Wildman–Crippen LogP) is 4.02. The summed E-state index contributed by atoms with van der Waals surface area (Å²) in [6.45, 7) is 4.94. The highest BCUT2D eigenvalue weighted by molar-refractivity contribution is 9.10. The molecular formula is C21H21BrN2O4. The van der Waals surface area contributed by atoms with Gasteiger partial charge in [0, 0.05) is 5.56 Å². The van der Waals surface area contributed by atoms with Crippen LogP contribution in [-0.2, 0) is 0 Å². The van der Waals surface area contributed by atoms with Crippen LogP contribution in [0.1, 0.15) is 29.8 Å². The SMILES string of the molecule is C#CCOc1c(Br)cc(/C=N/NC(=O)c2ccc(OCC)cc2)cc1OCC. The predicted molar refractivity (Wildman–Crippen MR) is 112 cm³/mol. The minimum Gasteiger partial charge on any atom is -0.494 e. The van der Waals surface area contributed by atoms with E-state index in [2.05, 4.69) is 32.4 Å². The number of benzene rings is 2. The van der Waals surface area contributed by atoms with E-state index >= 15 is 0 Å². The number of ether oxygens (including phenoxy) is 3. The van der Waals surface area contributed by atoms with Crippen molar-refractivity contribution in [2.24, 2.45) is 5.10 Å². The number of halogens is 1. The molecule has 0 aliphatic carbocycles. The fourth-order valence-electron chi connectivity index (χ4n) is 2.28. The third-order valence-electron chi connectivity index (χ3n) is 3.44. The van der Waals surface area contributed by atoms with Gasteiger partial charge in [0.25, 0.3) is 5.91 Å². The average Bonchev–Trinajstić information content (AvgIpc) is 2.68. The van der Waals surface area contributed by atoms with Crippen LogP contribution in [-0.4, -0.2) is 31.9 Å². The Bertz CT molecular complexity index is 873. The molecule has 0 spiro atoms. The number of nitrogens with zero attached hydrogens (tertiary/aromatic N) is 1. The molecule has 0 unspecified atom stereocenters. The molecule has 0 atom stereocenters. The zero-order chi connectivity index (χ0) is 20.4. The Kier molecular flexibility index (Phi) is 8.37. The van der Waals surface area contributed by atoms with E-state index in [9.17, 15) is 4.79 Å². The van der Waals surface area contributed by atoms with E-state index in [1.54, 1.807) is 36.4 Å². The number of hydrogen-bond donors (Lipinski definition) is 1. The Morgan fingerprint density at radius 3 is 2.54 bits per heavy atom. The van der Waals surface area contributed by atoms with Gasteiger partial charge in [-0.25, -0.2) is 5.43 Å². The summed E-state index contributed by atoms with van der Waals surface area (Å²) in [5.74, 6) is 3.87. The largest absolute Gasteiger partial charge is 0.494 e. The number of terminal acetylenes is 1. The molecule has 1 amide bonds. The number of hydrogen-bond acceptors (Lipinski definition) is 5. The van der Waals surface area contributed by atoms with E-state index in [0.29, 0.717) is 40.5 Å². The van der Waals surface area contributed by atoms with Crippen LogP contribution in [0.4, 0.5) is 0 Å². The van der Waals surface area contributed by atoms with Crippen molar-refractivity contribution in [1.29, 1.82) is 0 Å². The number of hydrazone groups is 1. The standard InChI is InChI=1S/C21H21BrN2O4/c1-4-11-28-20-18(22)12-15(13-19(20)27-6-3)14-23-24-21(25)16-7-9-17(10-8-16)26-5-2/h1,7-10,12-14H,5-6,11H2,2-3H3,(H,24,25)/b23-14+. The molecule has 0 radical (unpaired) electrons. The van der Waals surface area contributed by atoms with Gasteiger partial charge in [-0.1, -0.05) is 5.92 Å². The lowest BCUT2D eigenvalue weighted by molar-refractivity contribution is 0.0955. The van der Waals surface area contributed by atoms with Crippen molar-refractivity contribution in [3.63, 3.8) is 0 Å². The van der Waals surface area contributed by atoms with Gasteiger partial charge in [0.05, 0.1) is 23.9 Å². The van der Waals surface area contributed by atoms with Crippen LogP contribution in [0.3, 0.4) is 0 Å². The Morgan fingerprint density at radius 1 is 1.18 bits per heavy atom. The van der Waals surface area contributed by atoms with Gasteiger partial charge in [0.15, 0.2) is 11.5 Å². The van der Waals surface area contributed by atoms with E-state index in [1.165, 1.54) is 6.21 Å². The highest BCUT2D eigenvalue weighted by Crippen LogP contribution is 2.36. The molecule has 0 aromatic heterocycles. The minimum atomic E-state index is -0.322. The molecular weight excluding hydrogens is 424 g/mol. The number of carbonyl (C=O) groups is 1. The topological polar surface area (TPSA) is 69.2 Å². The maximum Gasteiger partial charge on any atom is 0.271 e. The summed E-state index contributed by atoms with van der Waals surface area (Å²) in [4.78, 5) is 12.2. The van der Waals surface area contributed by atoms with E-state index in [4.69, 9.17) is 20.6 Å². The molecule has 2 aromatic carbocycles. The Balaban J connectivity index is 2.08. The van der Waals surface area contributed by atoms with Crippen molar-refractivity contribution in [2.45, 2.75) is 13.8 Å². The molecule has 6 nitrogen and oxygen atoms in total. The molecule has 0 saturated heterocycles. The maximum absolute atomic E-state index is 12.2. The Morgan fingerprint density at radius 2 is 1.89 bits per heavy atom. The second-order valence-corrected chi connectivity index (χ2v) is 6.27. The highest BCUT2D eigenvalue weighted by atomic mass is 79.9. The van der Waals surface area contributed by atoms with E-state index < -0.39 is 0 Å². The first kappa shape index (κ1) is 21.3. The zero-order valence-corrected chi connectivity index (χ0v) is 17.3. The van der Waals surface area contributed by atoms with Crippen molar-refractivity contribution in [1.82, 2.24) is 5.43 Å². The van der Waals surface area contributed by atoms with Crippen LogP contribution >= 0.6 is 15.9 Å². The minimum absolute atomic E-state index is 0.129. The third-order valence-corrected chi connectivity index (χ3v) is 4.03. The smallest absolute Gasteiger partial charge is 0.271 e. The van der Waals surface area contributed by atoms with Crippen molar-refractivity contribution < 1.29 is 19.0 Å². The number of rotatable bonds is 9.